The molecular weight excluding hydrogens is 412 g/mol. The van der Waals surface area contributed by atoms with E-state index in [0.717, 1.165) is 27.8 Å². The van der Waals surface area contributed by atoms with Crippen molar-refractivity contribution in [3.05, 3.63) is 85.1 Å². The van der Waals surface area contributed by atoms with E-state index in [1.165, 1.54) is 6.33 Å². The van der Waals surface area contributed by atoms with Gasteiger partial charge in [0.1, 0.15) is 29.6 Å². The Bertz CT molecular complexity index is 1490. The molecule has 0 fully saturated rings. The average Bonchev–Trinajstić information content (AvgIpc) is 3.49. The lowest BCUT2D eigenvalue weighted by atomic mass is 10.0. The summed E-state index contributed by atoms with van der Waals surface area (Å²) in [4.78, 5) is 8.71. The molecule has 0 radical (unpaired) electrons. The van der Waals surface area contributed by atoms with Gasteiger partial charge in [-0.1, -0.05) is 18.2 Å². The second kappa shape index (κ2) is 8.17. The number of rotatable bonds is 5. The van der Waals surface area contributed by atoms with Crippen molar-refractivity contribution in [3.63, 3.8) is 0 Å². The molecule has 33 heavy (non-hydrogen) atoms. The summed E-state index contributed by atoms with van der Waals surface area (Å²) in [6, 6.07) is 19.5. The van der Waals surface area contributed by atoms with E-state index >= 15 is 0 Å². The first-order valence-electron chi connectivity index (χ1n) is 10.6. The minimum atomic E-state index is 0.213. The Balaban J connectivity index is 1.69. The zero-order chi connectivity index (χ0) is 22.9. The van der Waals surface area contributed by atoms with Crippen LogP contribution < -0.4 is 10.5 Å². The van der Waals surface area contributed by atoms with Gasteiger partial charge in [0.05, 0.1) is 16.6 Å². The molecule has 7 nitrogen and oxygen atoms in total. The second-order valence-corrected chi connectivity index (χ2v) is 7.98. The van der Waals surface area contributed by atoms with Crippen molar-refractivity contribution in [2.45, 2.75) is 19.9 Å². The lowest BCUT2D eigenvalue weighted by molar-refractivity contribution is 0.478. The van der Waals surface area contributed by atoms with Crippen LogP contribution in [0, 0.1) is 11.3 Å². The summed E-state index contributed by atoms with van der Waals surface area (Å²) in [7, 11) is 0. The number of anilines is 1. The van der Waals surface area contributed by atoms with E-state index in [1.54, 1.807) is 12.1 Å². The molecule has 2 N–H and O–H groups in total. The molecular formula is C26H22N6O. The summed E-state index contributed by atoms with van der Waals surface area (Å²) < 4.78 is 10.3. The van der Waals surface area contributed by atoms with Crippen LogP contribution in [0.25, 0.3) is 27.8 Å². The Kier molecular flexibility index (Phi) is 5.04. The first-order valence-corrected chi connectivity index (χ1v) is 10.6. The van der Waals surface area contributed by atoms with E-state index in [-0.39, 0.29) is 6.04 Å². The Morgan fingerprint density at radius 2 is 1.79 bits per heavy atom. The minimum Gasteiger partial charge on any atom is -0.454 e. The van der Waals surface area contributed by atoms with Gasteiger partial charge in [-0.05, 0) is 55.8 Å². The van der Waals surface area contributed by atoms with E-state index in [1.807, 2.05) is 53.4 Å². The molecule has 0 aliphatic rings. The molecule has 3 aromatic heterocycles. The number of hydrogen-bond donors (Lipinski definition) is 1. The smallest absolute Gasteiger partial charge is 0.151 e. The van der Waals surface area contributed by atoms with E-state index in [2.05, 4.69) is 46.7 Å². The second-order valence-electron chi connectivity index (χ2n) is 7.98. The van der Waals surface area contributed by atoms with Crippen LogP contribution in [0.4, 0.5) is 5.82 Å². The predicted octanol–water partition coefficient (Wildman–Crippen LogP) is 5.72. The Labute approximate surface area is 191 Å². The summed E-state index contributed by atoms with van der Waals surface area (Å²) in [6.45, 7) is 4.21. The van der Waals surface area contributed by atoms with Crippen LogP contribution in [-0.2, 0) is 0 Å². The van der Waals surface area contributed by atoms with Gasteiger partial charge in [0.25, 0.3) is 0 Å². The fourth-order valence-corrected chi connectivity index (χ4v) is 3.96. The molecule has 2 aromatic carbocycles. The number of fused-ring (bicyclic) bond motifs is 1. The zero-order valence-corrected chi connectivity index (χ0v) is 18.3. The van der Waals surface area contributed by atoms with Gasteiger partial charge in [0.2, 0.25) is 0 Å². The van der Waals surface area contributed by atoms with Crippen molar-refractivity contribution in [2.75, 3.05) is 5.73 Å². The number of nitrogen functional groups attached to an aromatic ring is 1. The standard InChI is InChI=1S/C26H22N6O/c1-17(2)32-15-20(24-25(28)29-16-30-26(24)32)18-9-10-23(21(13-18)31-11-5-6-12-31)33-22-8-4-3-7-19(22)14-27/h3-13,15-17H,1-2H3,(H2,28,29,30). The number of ether oxygens (including phenoxy) is 1. The monoisotopic (exact) mass is 434 g/mol. The molecule has 0 spiro atoms. The maximum Gasteiger partial charge on any atom is 0.151 e. The highest BCUT2D eigenvalue weighted by Crippen LogP contribution is 2.38. The first kappa shape index (κ1) is 20.3. The van der Waals surface area contributed by atoms with Crippen molar-refractivity contribution in [2.24, 2.45) is 0 Å². The molecule has 162 valence electrons. The third kappa shape index (κ3) is 3.58. The first-order chi connectivity index (χ1) is 16.1. The van der Waals surface area contributed by atoms with Crippen LogP contribution in [-0.4, -0.2) is 19.1 Å². The van der Waals surface area contributed by atoms with Gasteiger partial charge in [0.15, 0.2) is 5.75 Å². The molecule has 0 amide bonds. The number of benzene rings is 2. The van der Waals surface area contributed by atoms with E-state index in [9.17, 15) is 5.26 Å². The zero-order valence-electron chi connectivity index (χ0n) is 18.3. The minimum absolute atomic E-state index is 0.213. The maximum atomic E-state index is 9.45. The van der Waals surface area contributed by atoms with E-state index < -0.39 is 0 Å². The Morgan fingerprint density at radius 3 is 2.55 bits per heavy atom. The summed E-state index contributed by atoms with van der Waals surface area (Å²) >= 11 is 0. The lowest BCUT2D eigenvalue weighted by Gasteiger charge is -2.15. The number of nitrogens with two attached hydrogens (primary N) is 1. The molecule has 0 atom stereocenters. The van der Waals surface area contributed by atoms with Gasteiger partial charge in [-0.25, -0.2) is 9.97 Å². The van der Waals surface area contributed by atoms with Crippen LogP contribution in [0.3, 0.4) is 0 Å². The van der Waals surface area contributed by atoms with E-state index in [0.29, 0.717) is 22.9 Å². The molecule has 0 unspecified atom stereocenters. The van der Waals surface area contributed by atoms with Gasteiger partial charge < -0.3 is 19.6 Å². The summed E-state index contributed by atoms with van der Waals surface area (Å²) in [5.74, 6) is 1.59. The number of aromatic nitrogens is 4. The molecule has 0 bridgehead atoms. The normalized spacial score (nSPS) is 11.1. The number of hydrogen-bond acceptors (Lipinski definition) is 5. The average molecular weight is 435 g/mol. The summed E-state index contributed by atoms with van der Waals surface area (Å²) in [6.07, 6.45) is 7.48. The molecule has 0 saturated heterocycles. The topological polar surface area (TPSA) is 94.7 Å². The summed E-state index contributed by atoms with van der Waals surface area (Å²) in [5, 5.41) is 10.3. The van der Waals surface area contributed by atoms with Crippen LogP contribution in [0.2, 0.25) is 0 Å². The third-order valence-corrected chi connectivity index (χ3v) is 5.58. The van der Waals surface area contributed by atoms with Crippen LogP contribution in [0.15, 0.2) is 79.5 Å². The molecule has 0 aliphatic carbocycles. The number of para-hydroxylation sites is 1. The van der Waals surface area contributed by atoms with Gasteiger partial charge in [-0.3, -0.25) is 0 Å². The number of nitrogens with zero attached hydrogens (tertiary/aromatic N) is 5. The molecule has 0 saturated carbocycles. The van der Waals surface area contributed by atoms with Crippen molar-refractivity contribution >= 4 is 16.9 Å². The molecule has 5 rings (SSSR count). The Morgan fingerprint density at radius 1 is 1.00 bits per heavy atom. The van der Waals surface area contributed by atoms with Gasteiger partial charge >= 0.3 is 0 Å². The van der Waals surface area contributed by atoms with E-state index in [4.69, 9.17) is 10.5 Å². The highest BCUT2D eigenvalue weighted by Gasteiger charge is 2.18. The van der Waals surface area contributed by atoms with Crippen molar-refractivity contribution in [3.8, 4) is 34.4 Å². The fourth-order valence-electron chi connectivity index (χ4n) is 3.96. The van der Waals surface area contributed by atoms with Crippen molar-refractivity contribution < 1.29 is 4.74 Å². The lowest BCUT2D eigenvalue weighted by Crippen LogP contribution is -2.00. The van der Waals surface area contributed by atoms with Gasteiger partial charge in [0, 0.05) is 30.2 Å². The molecule has 0 aliphatic heterocycles. The van der Waals surface area contributed by atoms with Crippen molar-refractivity contribution in [1.29, 1.82) is 5.26 Å². The quantitative estimate of drug-likeness (QED) is 0.382. The SMILES string of the molecule is CC(C)n1cc(-c2ccc(Oc3ccccc3C#N)c(-n3cccc3)c2)c2c(N)ncnc21. The Hall–Kier alpha value is -4.57. The predicted molar refractivity (Wildman–Crippen MR) is 128 cm³/mol. The van der Waals surface area contributed by atoms with Crippen LogP contribution >= 0.6 is 0 Å². The fraction of sp³-hybridized carbons (Fsp3) is 0.115. The molecule has 7 heteroatoms. The van der Waals surface area contributed by atoms with Gasteiger partial charge in [-0.2, -0.15) is 5.26 Å². The van der Waals surface area contributed by atoms with Crippen molar-refractivity contribution in [1.82, 2.24) is 19.1 Å². The molecule has 3 heterocycles. The van der Waals surface area contributed by atoms with Crippen LogP contribution in [0.1, 0.15) is 25.5 Å². The van der Waals surface area contributed by atoms with Gasteiger partial charge in [-0.15, -0.1) is 0 Å². The molecule has 5 aromatic rings. The summed E-state index contributed by atoms with van der Waals surface area (Å²) in [5.41, 5.74) is 10.3. The maximum absolute atomic E-state index is 9.45. The van der Waals surface area contributed by atoms with Crippen LogP contribution in [0.5, 0.6) is 11.5 Å². The highest BCUT2D eigenvalue weighted by atomic mass is 16.5. The largest absolute Gasteiger partial charge is 0.454 e. The third-order valence-electron chi connectivity index (χ3n) is 5.58. The highest BCUT2D eigenvalue weighted by molar-refractivity contribution is 6.01. The number of nitriles is 1.